The average molecular weight is 853 g/mol. The minimum absolute atomic E-state index is 0.0224. The highest BCUT2D eigenvalue weighted by atomic mass is 19.4. The van der Waals surface area contributed by atoms with Gasteiger partial charge in [-0.25, -0.2) is 4.79 Å². The Morgan fingerprint density at radius 3 is 2.10 bits per heavy atom. The Morgan fingerprint density at radius 1 is 0.931 bits per heavy atom. The number of alkyl carbamates (subject to hydrolysis) is 1. The predicted molar refractivity (Wildman–Crippen MR) is 182 cm³/mol. The number of nitrogens with zero attached hydrogens (tertiary/aromatic N) is 2. The summed E-state index contributed by atoms with van der Waals surface area (Å²) >= 11 is 0. The van der Waals surface area contributed by atoms with E-state index in [4.69, 9.17) is 9.47 Å². The van der Waals surface area contributed by atoms with E-state index in [1.807, 2.05) is 0 Å². The fraction of sp³-hybridized carbons (Fsp3) is 0.778. The fourth-order valence-electron chi connectivity index (χ4n) is 8.11. The quantitative estimate of drug-likeness (QED) is 0.146. The first-order valence-corrected chi connectivity index (χ1v) is 18.6. The molecule has 2 aliphatic carbocycles. The van der Waals surface area contributed by atoms with E-state index in [9.17, 15) is 69.2 Å². The fourth-order valence-corrected chi connectivity index (χ4v) is 8.11. The summed E-state index contributed by atoms with van der Waals surface area (Å²) in [5.74, 6) is -6.56. The van der Waals surface area contributed by atoms with Crippen molar-refractivity contribution in [2.45, 2.75) is 139 Å². The first-order valence-electron chi connectivity index (χ1n) is 18.6. The Kier molecular flexibility index (Phi) is 14.0. The van der Waals surface area contributed by atoms with Gasteiger partial charge in [0.15, 0.2) is 6.10 Å². The van der Waals surface area contributed by atoms with Gasteiger partial charge in [-0.15, -0.1) is 0 Å². The van der Waals surface area contributed by atoms with Crippen LogP contribution in [0.5, 0.6) is 0 Å². The number of methoxy groups -OCH3 is 1. The summed E-state index contributed by atoms with van der Waals surface area (Å²) in [7, 11) is 0.852. The molecule has 0 radical (unpaired) electrons. The number of aromatic nitrogens is 1. The first-order chi connectivity index (χ1) is 26.6. The van der Waals surface area contributed by atoms with E-state index in [1.54, 1.807) is 20.8 Å². The van der Waals surface area contributed by atoms with Crippen molar-refractivity contribution in [1.82, 2.24) is 20.5 Å². The topological polar surface area (TPSA) is 180 Å². The number of nitrogens with one attached hydrogen (secondary N) is 2. The summed E-state index contributed by atoms with van der Waals surface area (Å²) in [6.07, 6.45) is -17.9. The van der Waals surface area contributed by atoms with E-state index in [-0.39, 0.29) is 62.8 Å². The molecular formula is C36H49F9N4O9. The maximum atomic E-state index is 13.7. The van der Waals surface area contributed by atoms with E-state index in [0.717, 1.165) is 24.3 Å². The molecule has 2 unspecified atom stereocenters. The highest BCUT2D eigenvalue weighted by molar-refractivity contribution is 5.84. The van der Waals surface area contributed by atoms with Gasteiger partial charge in [0.2, 0.25) is 5.91 Å². The van der Waals surface area contributed by atoms with Gasteiger partial charge in [0.25, 0.3) is 5.79 Å². The molecule has 3 heterocycles. The van der Waals surface area contributed by atoms with Gasteiger partial charge in [0.1, 0.15) is 11.0 Å². The van der Waals surface area contributed by atoms with E-state index in [2.05, 4.69) is 20.4 Å². The number of alkyl halides is 9. The van der Waals surface area contributed by atoms with Crippen LogP contribution in [0.2, 0.25) is 0 Å². The second kappa shape index (κ2) is 17.3. The van der Waals surface area contributed by atoms with Crippen LogP contribution in [0.3, 0.4) is 0 Å². The van der Waals surface area contributed by atoms with Crippen LogP contribution < -0.4 is 10.6 Å². The number of hydrogen-bond acceptors (Lipinski definition) is 11. The molecule has 1 saturated heterocycles. The van der Waals surface area contributed by atoms with Crippen molar-refractivity contribution < 1.29 is 83.4 Å². The smallest absolute Gasteiger partial charge is 0.444 e. The Hall–Kier alpha value is -3.47. The first kappa shape index (κ1) is 47.2. The molecule has 13 nitrogen and oxygen atoms in total. The summed E-state index contributed by atoms with van der Waals surface area (Å²) < 4.78 is 134. The molecule has 5 rings (SSSR count). The summed E-state index contributed by atoms with van der Waals surface area (Å²) in [5.41, 5.74) is -5.97. The van der Waals surface area contributed by atoms with Crippen LogP contribution >= 0.6 is 0 Å². The van der Waals surface area contributed by atoms with E-state index < -0.39 is 89.3 Å². The maximum absolute atomic E-state index is 13.7. The number of carbonyl (C=O) groups is 3. The molecule has 3 fully saturated rings. The lowest BCUT2D eigenvalue weighted by Crippen LogP contribution is -2.61. The summed E-state index contributed by atoms with van der Waals surface area (Å²) in [6, 6.07) is -0.347. The average Bonchev–Trinajstić information content (AvgIpc) is 3.75. The third kappa shape index (κ3) is 10.5. The van der Waals surface area contributed by atoms with Gasteiger partial charge in [-0.2, -0.15) is 39.5 Å². The summed E-state index contributed by atoms with van der Waals surface area (Å²) in [4.78, 5) is 42.1. The zero-order chi connectivity index (χ0) is 43.7. The van der Waals surface area contributed by atoms with E-state index in [1.165, 1.54) is 0 Å². The molecule has 1 aromatic rings. The largest absolute Gasteiger partial charge is 0.468 e. The SMILES string of the molecule is COC(=O)C1(C(O)(O)C(F)(F)F)CC[C@@H](NC(=O)OC(C)(C)C)C1.O=C(N1CCc2ncc(C(F)(F)F)cc2C1)[C@@]1(C(O)C(F)(F)F)CC[C@@H](NC2CCOCC2)C1. The highest BCUT2D eigenvalue weighted by Gasteiger charge is 2.71. The van der Waals surface area contributed by atoms with Crippen LogP contribution in [0.25, 0.3) is 0 Å². The number of rotatable bonds is 7. The lowest BCUT2D eigenvalue weighted by molar-refractivity contribution is -0.387. The molecular weight excluding hydrogens is 803 g/mol. The number of carbonyl (C=O) groups excluding carboxylic acids is 3. The molecule has 0 bridgehead atoms. The number of aliphatic hydroxyl groups is 3. The molecule has 2 aliphatic heterocycles. The minimum Gasteiger partial charge on any atom is -0.468 e. The number of aliphatic hydroxyl groups excluding tert-OH is 1. The molecule has 2 saturated carbocycles. The number of amides is 2. The Morgan fingerprint density at radius 2 is 1.55 bits per heavy atom. The summed E-state index contributed by atoms with van der Waals surface area (Å²) in [5, 5.41) is 35.2. The molecule has 5 atom stereocenters. The van der Waals surface area contributed by atoms with Gasteiger partial charge in [0, 0.05) is 62.7 Å². The summed E-state index contributed by atoms with van der Waals surface area (Å²) in [6.45, 7) is 5.65. The van der Waals surface area contributed by atoms with Crippen molar-refractivity contribution in [2.24, 2.45) is 10.8 Å². The predicted octanol–water partition coefficient (Wildman–Crippen LogP) is 4.68. The van der Waals surface area contributed by atoms with Crippen LogP contribution in [0.4, 0.5) is 44.3 Å². The molecule has 2 amide bonds. The molecule has 5 N–H and O–H groups in total. The van der Waals surface area contributed by atoms with Gasteiger partial charge >= 0.3 is 30.6 Å². The molecule has 22 heteroatoms. The Labute approximate surface area is 328 Å². The van der Waals surface area contributed by atoms with Crippen LogP contribution in [0.1, 0.15) is 89.0 Å². The monoisotopic (exact) mass is 852 g/mol. The van der Waals surface area contributed by atoms with Crippen molar-refractivity contribution in [1.29, 1.82) is 0 Å². The van der Waals surface area contributed by atoms with Crippen molar-refractivity contribution in [3.05, 3.63) is 29.1 Å². The number of halogens is 9. The van der Waals surface area contributed by atoms with E-state index >= 15 is 0 Å². The lowest BCUT2D eigenvalue weighted by Gasteiger charge is -2.40. The van der Waals surface area contributed by atoms with Crippen LogP contribution in [0.15, 0.2) is 12.3 Å². The number of hydrogen-bond donors (Lipinski definition) is 5. The van der Waals surface area contributed by atoms with Gasteiger partial charge in [-0.05, 0) is 83.8 Å². The van der Waals surface area contributed by atoms with Gasteiger partial charge in [0.05, 0.1) is 18.1 Å². The zero-order valence-electron chi connectivity index (χ0n) is 32.2. The number of ether oxygens (including phenoxy) is 3. The van der Waals surface area contributed by atoms with Crippen LogP contribution in [-0.4, -0.2) is 118 Å². The zero-order valence-corrected chi connectivity index (χ0v) is 32.2. The highest BCUT2D eigenvalue weighted by Crippen LogP contribution is 2.53. The number of esters is 1. The molecule has 330 valence electrons. The second-order valence-corrected chi connectivity index (χ2v) is 16.2. The van der Waals surface area contributed by atoms with Crippen LogP contribution in [-0.2, 0) is 42.9 Å². The Balaban J connectivity index is 0.000000274. The van der Waals surface area contributed by atoms with Gasteiger partial charge < -0.3 is 45.1 Å². The standard InChI is InChI=1S/C22H27F6N3O3.C14H22F3NO6/c23-21(24,25)14-9-13-12-31(6-2-17(13)29-11-14)19(33)20(18(32)22(26,27)28)5-1-16(10-20)30-15-3-7-34-8-4-15;1-11(2,3)24-10(20)18-8-5-6-12(7-8,9(19)23-4)13(21,22)14(15,16)17/h9,11,15-16,18,30,32H,1-8,10,12H2;8,21-22H,5-7H2,1-4H3,(H,18,20)/t16-,18?,20+;8-,12?/m11/s1. The second-order valence-electron chi connectivity index (χ2n) is 16.2. The van der Waals surface area contributed by atoms with Crippen LogP contribution in [0, 0.1) is 10.8 Å². The molecule has 0 aromatic carbocycles. The minimum atomic E-state index is -5.47. The van der Waals surface area contributed by atoms with Crippen molar-refractivity contribution in [2.75, 3.05) is 26.9 Å². The Bertz CT molecular complexity index is 1630. The number of fused-ring (bicyclic) bond motifs is 1. The number of pyridine rings is 1. The van der Waals surface area contributed by atoms with Gasteiger partial charge in [-0.1, -0.05) is 0 Å². The molecule has 58 heavy (non-hydrogen) atoms. The lowest BCUT2D eigenvalue weighted by atomic mass is 9.76. The third-order valence-electron chi connectivity index (χ3n) is 11.0. The van der Waals surface area contributed by atoms with Crippen molar-refractivity contribution in [3.8, 4) is 0 Å². The third-order valence-corrected chi connectivity index (χ3v) is 11.0. The van der Waals surface area contributed by atoms with Crippen molar-refractivity contribution in [3.63, 3.8) is 0 Å². The van der Waals surface area contributed by atoms with E-state index in [0.29, 0.717) is 31.7 Å². The normalized spacial score (nSPS) is 26.6. The van der Waals surface area contributed by atoms with Gasteiger partial charge in [-0.3, -0.25) is 14.6 Å². The molecule has 0 spiro atoms. The molecule has 1 aromatic heterocycles. The van der Waals surface area contributed by atoms with Crippen molar-refractivity contribution >= 4 is 18.0 Å². The maximum Gasteiger partial charge on any atom is 0.444 e. The molecule has 4 aliphatic rings.